The molecule has 25 heavy (non-hydrogen) atoms. The van der Waals surface area contributed by atoms with Crippen LogP contribution >= 0.6 is 0 Å². The molecule has 0 amide bonds. The summed E-state index contributed by atoms with van der Waals surface area (Å²) in [6, 6.07) is 0. The molecule has 3 rings (SSSR count). The normalized spacial score (nSPS) is 18.5. The maximum Gasteiger partial charge on any atom is 0.152 e. The first-order valence-electron chi connectivity index (χ1n) is 9.26. The maximum atomic E-state index is 4.53. The molecule has 1 aliphatic heterocycles. The van der Waals surface area contributed by atoms with Crippen LogP contribution in [-0.2, 0) is 13.6 Å². The highest BCUT2D eigenvalue weighted by molar-refractivity contribution is 5.05. The summed E-state index contributed by atoms with van der Waals surface area (Å²) in [6.07, 6.45) is 9.74. The second kappa shape index (κ2) is 7.95. The molecule has 0 saturated carbocycles. The van der Waals surface area contributed by atoms with Crippen molar-refractivity contribution in [1.29, 1.82) is 0 Å². The third kappa shape index (κ3) is 4.37. The van der Waals surface area contributed by atoms with Gasteiger partial charge in [0, 0.05) is 38.4 Å². The predicted molar refractivity (Wildman–Crippen MR) is 99.5 cm³/mol. The van der Waals surface area contributed by atoms with Gasteiger partial charge < -0.3 is 14.0 Å². The summed E-state index contributed by atoms with van der Waals surface area (Å²) < 4.78 is 4.30. The van der Waals surface area contributed by atoms with Gasteiger partial charge in [0.1, 0.15) is 11.6 Å². The molecular weight excluding hydrogens is 312 g/mol. The van der Waals surface area contributed by atoms with Crippen LogP contribution in [0.15, 0.2) is 24.0 Å². The topological polar surface area (TPSA) is 51.8 Å². The first-order chi connectivity index (χ1) is 12.0. The van der Waals surface area contributed by atoms with E-state index in [0.29, 0.717) is 5.92 Å². The van der Waals surface area contributed by atoms with Gasteiger partial charge in [-0.1, -0.05) is 11.6 Å². The molecule has 1 atom stereocenters. The number of aromatic nitrogens is 5. The lowest BCUT2D eigenvalue weighted by Gasteiger charge is -2.32. The molecule has 0 N–H and O–H groups in total. The molecule has 0 aliphatic carbocycles. The number of imidazole rings is 1. The van der Waals surface area contributed by atoms with Gasteiger partial charge in [0.15, 0.2) is 5.82 Å². The van der Waals surface area contributed by atoms with Crippen molar-refractivity contribution < 1.29 is 0 Å². The van der Waals surface area contributed by atoms with Crippen LogP contribution in [0.5, 0.6) is 0 Å². The van der Waals surface area contributed by atoms with E-state index in [9.17, 15) is 0 Å². The molecule has 3 heterocycles. The van der Waals surface area contributed by atoms with E-state index < -0.39 is 0 Å². The van der Waals surface area contributed by atoms with E-state index in [1.165, 1.54) is 25.0 Å². The minimum Gasteiger partial charge on any atom is -0.328 e. The standard InChI is InChI=1S/C19H30N6/c1-15(2)7-5-10-24-11-6-8-17(13-24)19-22-21-18(23(19)4)14-25-12-9-20-16(25)3/h7,9,12,17H,5-6,8,10-11,13-14H2,1-4H3/t17-/m0/s1. The Balaban J connectivity index is 1.65. The number of hydrogen-bond donors (Lipinski definition) is 0. The van der Waals surface area contributed by atoms with Crippen molar-refractivity contribution in [3.8, 4) is 0 Å². The molecule has 1 aliphatic rings. The van der Waals surface area contributed by atoms with Crippen LogP contribution in [0.3, 0.4) is 0 Å². The summed E-state index contributed by atoms with van der Waals surface area (Å²) in [5.41, 5.74) is 1.40. The molecule has 0 bridgehead atoms. The summed E-state index contributed by atoms with van der Waals surface area (Å²) in [7, 11) is 2.10. The van der Waals surface area contributed by atoms with E-state index in [4.69, 9.17) is 0 Å². The van der Waals surface area contributed by atoms with E-state index >= 15 is 0 Å². The minimum atomic E-state index is 0.482. The van der Waals surface area contributed by atoms with Crippen molar-refractivity contribution in [3.63, 3.8) is 0 Å². The average Bonchev–Trinajstić information content (AvgIpc) is 3.15. The van der Waals surface area contributed by atoms with Gasteiger partial charge in [0.05, 0.1) is 6.54 Å². The van der Waals surface area contributed by atoms with Gasteiger partial charge in [0.25, 0.3) is 0 Å². The van der Waals surface area contributed by atoms with Crippen LogP contribution in [0.1, 0.15) is 56.5 Å². The molecule has 6 heteroatoms. The van der Waals surface area contributed by atoms with Crippen molar-refractivity contribution in [3.05, 3.63) is 41.5 Å². The fourth-order valence-corrected chi connectivity index (χ4v) is 3.60. The highest BCUT2D eigenvalue weighted by Crippen LogP contribution is 2.26. The van der Waals surface area contributed by atoms with Gasteiger partial charge in [-0.2, -0.15) is 0 Å². The van der Waals surface area contributed by atoms with Crippen LogP contribution in [0.25, 0.3) is 0 Å². The fraction of sp³-hybridized carbons (Fsp3) is 0.632. The van der Waals surface area contributed by atoms with Crippen molar-refractivity contribution in [2.24, 2.45) is 7.05 Å². The molecule has 136 valence electrons. The second-order valence-corrected chi connectivity index (χ2v) is 7.35. The zero-order valence-electron chi connectivity index (χ0n) is 15.9. The van der Waals surface area contributed by atoms with E-state index in [1.54, 1.807) is 0 Å². The van der Waals surface area contributed by atoms with Gasteiger partial charge in [-0.25, -0.2) is 4.98 Å². The van der Waals surface area contributed by atoms with Crippen molar-refractivity contribution in [2.75, 3.05) is 19.6 Å². The van der Waals surface area contributed by atoms with E-state index in [0.717, 1.165) is 43.5 Å². The molecule has 6 nitrogen and oxygen atoms in total. The Bertz CT molecular complexity index is 722. The lowest BCUT2D eigenvalue weighted by Crippen LogP contribution is -2.35. The summed E-state index contributed by atoms with van der Waals surface area (Å²) in [5.74, 6) is 3.61. The summed E-state index contributed by atoms with van der Waals surface area (Å²) in [6.45, 7) is 10.5. The molecular formula is C19H30N6. The number of likely N-dealkylation sites (tertiary alicyclic amines) is 1. The Kier molecular flexibility index (Phi) is 5.68. The zero-order chi connectivity index (χ0) is 17.8. The summed E-state index contributed by atoms with van der Waals surface area (Å²) >= 11 is 0. The number of hydrogen-bond acceptors (Lipinski definition) is 4. The Morgan fingerprint density at radius 3 is 2.88 bits per heavy atom. The number of piperidine rings is 1. The van der Waals surface area contributed by atoms with Crippen molar-refractivity contribution >= 4 is 0 Å². The monoisotopic (exact) mass is 342 g/mol. The molecule has 0 unspecified atom stereocenters. The van der Waals surface area contributed by atoms with Crippen LogP contribution < -0.4 is 0 Å². The number of nitrogens with zero attached hydrogens (tertiary/aromatic N) is 6. The van der Waals surface area contributed by atoms with Gasteiger partial charge >= 0.3 is 0 Å². The Hall–Kier alpha value is -1.95. The molecule has 2 aromatic rings. The SMILES string of the molecule is CC(C)=CCCN1CCC[C@H](c2nnc(Cn3ccnc3C)n2C)C1. The minimum absolute atomic E-state index is 0.482. The Morgan fingerprint density at radius 1 is 1.32 bits per heavy atom. The molecule has 2 aromatic heterocycles. The highest BCUT2D eigenvalue weighted by atomic mass is 15.3. The van der Waals surface area contributed by atoms with Crippen molar-refractivity contribution in [1.82, 2.24) is 29.2 Å². The zero-order valence-corrected chi connectivity index (χ0v) is 15.9. The maximum absolute atomic E-state index is 4.53. The first-order valence-corrected chi connectivity index (χ1v) is 9.26. The predicted octanol–water partition coefficient (Wildman–Crippen LogP) is 2.90. The van der Waals surface area contributed by atoms with Crippen LogP contribution in [0, 0.1) is 6.92 Å². The Labute approximate surface area is 150 Å². The van der Waals surface area contributed by atoms with Gasteiger partial charge in [-0.3, -0.25) is 0 Å². The quantitative estimate of drug-likeness (QED) is 0.758. The van der Waals surface area contributed by atoms with Gasteiger partial charge in [0.2, 0.25) is 0 Å². The second-order valence-electron chi connectivity index (χ2n) is 7.35. The van der Waals surface area contributed by atoms with Gasteiger partial charge in [-0.05, 0) is 46.6 Å². The number of rotatable bonds is 6. The first kappa shape index (κ1) is 17.9. The summed E-state index contributed by atoms with van der Waals surface area (Å²) in [5, 5.41) is 8.99. The van der Waals surface area contributed by atoms with E-state index in [-0.39, 0.29) is 0 Å². The molecule has 0 aromatic carbocycles. The van der Waals surface area contributed by atoms with E-state index in [2.05, 4.69) is 56.2 Å². The lowest BCUT2D eigenvalue weighted by molar-refractivity contribution is 0.206. The average molecular weight is 342 g/mol. The van der Waals surface area contributed by atoms with E-state index in [1.807, 2.05) is 19.3 Å². The lowest BCUT2D eigenvalue weighted by atomic mass is 9.97. The highest BCUT2D eigenvalue weighted by Gasteiger charge is 2.25. The fourth-order valence-electron chi connectivity index (χ4n) is 3.60. The number of allylic oxidation sites excluding steroid dienone is 1. The van der Waals surface area contributed by atoms with Crippen LogP contribution in [0.2, 0.25) is 0 Å². The van der Waals surface area contributed by atoms with Crippen LogP contribution in [-0.4, -0.2) is 48.8 Å². The summed E-state index contributed by atoms with van der Waals surface area (Å²) in [4.78, 5) is 6.86. The molecule has 1 fully saturated rings. The largest absolute Gasteiger partial charge is 0.328 e. The number of aryl methyl sites for hydroxylation is 1. The van der Waals surface area contributed by atoms with Crippen molar-refractivity contribution in [2.45, 2.75) is 52.5 Å². The smallest absolute Gasteiger partial charge is 0.152 e. The molecule has 0 radical (unpaired) electrons. The van der Waals surface area contributed by atoms with Crippen LogP contribution in [0.4, 0.5) is 0 Å². The Morgan fingerprint density at radius 2 is 2.16 bits per heavy atom. The molecule has 1 saturated heterocycles. The molecule has 0 spiro atoms. The third-order valence-corrected chi connectivity index (χ3v) is 5.10. The van der Waals surface area contributed by atoms with Gasteiger partial charge in [-0.15, -0.1) is 10.2 Å². The third-order valence-electron chi connectivity index (χ3n) is 5.10.